The first-order chi connectivity index (χ1) is 10.1. The van der Waals surface area contributed by atoms with Gasteiger partial charge < -0.3 is 20.7 Å². The van der Waals surface area contributed by atoms with Gasteiger partial charge in [0.05, 0.1) is 0 Å². The molecule has 3 N–H and O–H groups in total. The monoisotopic (exact) mass is 311 g/mol. The second-order valence-electron chi connectivity index (χ2n) is 7.63. The molecular formula is C17H33N3O2. The Morgan fingerprint density at radius 1 is 1.05 bits per heavy atom. The highest BCUT2D eigenvalue weighted by atomic mass is 16.5. The van der Waals surface area contributed by atoms with E-state index in [0.29, 0.717) is 5.57 Å². The highest BCUT2D eigenvalue weighted by Crippen LogP contribution is 2.13. The fourth-order valence-electron chi connectivity index (χ4n) is 2.86. The van der Waals surface area contributed by atoms with E-state index < -0.39 is 0 Å². The largest absolute Gasteiger partial charge is 0.459 e. The molecule has 2 fully saturated rings. The lowest BCUT2D eigenvalue weighted by atomic mass is 9.93. The first kappa shape index (κ1) is 19.1. The van der Waals surface area contributed by atoms with Crippen molar-refractivity contribution in [3.05, 3.63) is 12.2 Å². The predicted octanol–water partition coefficient (Wildman–Crippen LogP) is 1.59. The van der Waals surface area contributed by atoms with Gasteiger partial charge >= 0.3 is 5.97 Å². The fraction of sp³-hybridized carbons (Fsp3) is 0.824. The van der Waals surface area contributed by atoms with Crippen molar-refractivity contribution in [1.29, 1.82) is 0 Å². The summed E-state index contributed by atoms with van der Waals surface area (Å²) in [5.74, 6) is -0.262. The van der Waals surface area contributed by atoms with Crippen LogP contribution in [0.1, 0.15) is 47.5 Å². The van der Waals surface area contributed by atoms with E-state index in [1.807, 2.05) is 0 Å². The zero-order valence-corrected chi connectivity index (χ0v) is 14.8. The van der Waals surface area contributed by atoms with Crippen molar-refractivity contribution >= 4 is 5.97 Å². The van der Waals surface area contributed by atoms with Gasteiger partial charge in [-0.2, -0.15) is 0 Å². The molecule has 5 heteroatoms. The maximum atomic E-state index is 11.1. The smallest absolute Gasteiger partial charge is 0.333 e. The van der Waals surface area contributed by atoms with Crippen LogP contribution in [0.3, 0.4) is 0 Å². The van der Waals surface area contributed by atoms with Crippen molar-refractivity contribution in [3.8, 4) is 0 Å². The molecule has 0 aliphatic carbocycles. The molecule has 0 aromatic carbocycles. The van der Waals surface area contributed by atoms with E-state index in [1.54, 1.807) is 6.92 Å². The lowest BCUT2D eigenvalue weighted by Gasteiger charge is -2.42. The van der Waals surface area contributed by atoms with Crippen molar-refractivity contribution in [2.45, 2.75) is 64.6 Å². The van der Waals surface area contributed by atoms with Crippen LogP contribution < -0.4 is 16.0 Å². The standard InChI is InChI=1S/C9H15NO2.C8H18N2/c1-7(2)9(11)12-8-3-5-10-6-4-8;1-7(2)5-9-6-8(3,4)10-7/h8,10H,1,3-6H2,2H3;9-10H,5-6H2,1-4H3. The average molecular weight is 311 g/mol. The molecule has 0 saturated carbocycles. The van der Waals surface area contributed by atoms with E-state index in [1.165, 1.54) is 0 Å². The predicted molar refractivity (Wildman–Crippen MR) is 91.0 cm³/mol. The molecule has 128 valence electrons. The summed E-state index contributed by atoms with van der Waals surface area (Å²) >= 11 is 0. The first-order valence-electron chi connectivity index (χ1n) is 8.19. The minimum absolute atomic E-state index is 0.0930. The molecule has 2 heterocycles. The van der Waals surface area contributed by atoms with Gasteiger partial charge in [0.15, 0.2) is 0 Å². The van der Waals surface area contributed by atoms with Gasteiger partial charge in [0.1, 0.15) is 6.10 Å². The molecule has 2 aliphatic heterocycles. The maximum absolute atomic E-state index is 11.1. The van der Waals surface area contributed by atoms with Crippen LogP contribution in [0.5, 0.6) is 0 Å². The number of piperazine rings is 1. The van der Waals surface area contributed by atoms with Gasteiger partial charge in [0, 0.05) is 29.7 Å². The lowest BCUT2D eigenvalue weighted by Crippen LogP contribution is -2.65. The van der Waals surface area contributed by atoms with E-state index in [9.17, 15) is 4.79 Å². The van der Waals surface area contributed by atoms with Gasteiger partial charge in [-0.1, -0.05) is 6.58 Å². The molecule has 0 bridgehead atoms. The third kappa shape index (κ3) is 7.38. The SMILES string of the molecule is C=C(C)C(=O)OC1CCNCC1.CC1(C)CNCC(C)(C)N1. The average Bonchev–Trinajstić information content (AvgIpc) is 2.37. The molecule has 2 saturated heterocycles. The molecule has 0 aromatic heterocycles. The quantitative estimate of drug-likeness (QED) is 0.534. The van der Waals surface area contributed by atoms with Crippen LogP contribution in [0.15, 0.2) is 12.2 Å². The van der Waals surface area contributed by atoms with Crippen LogP contribution in [0.4, 0.5) is 0 Å². The van der Waals surface area contributed by atoms with E-state index in [2.05, 4.69) is 50.2 Å². The topological polar surface area (TPSA) is 62.4 Å². The van der Waals surface area contributed by atoms with Gasteiger partial charge in [0.25, 0.3) is 0 Å². The number of nitrogens with one attached hydrogen (secondary N) is 3. The Labute approximate surface area is 135 Å². The maximum Gasteiger partial charge on any atom is 0.333 e. The molecule has 0 atom stereocenters. The fourth-order valence-corrected chi connectivity index (χ4v) is 2.86. The normalized spacial score (nSPS) is 23.9. The number of rotatable bonds is 2. The Bertz CT molecular complexity index is 371. The third-order valence-electron chi connectivity index (χ3n) is 3.72. The van der Waals surface area contributed by atoms with Crippen LogP contribution in [0, 0.1) is 0 Å². The van der Waals surface area contributed by atoms with Crippen molar-refractivity contribution in [2.24, 2.45) is 0 Å². The minimum Gasteiger partial charge on any atom is -0.459 e. The zero-order valence-electron chi connectivity index (χ0n) is 14.8. The van der Waals surface area contributed by atoms with Gasteiger partial charge in [0.2, 0.25) is 0 Å². The summed E-state index contributed by atoms with van der Waals surface area (Å²) < 4.78 is 5.17. The molecule has 0 unspecified atom stereocenters. The highest BCUT2D eigenvalue weighted by Gasteiger charge is 2.31. The molecule has 0 radical (unpaired) electrons. The number of ether oxygens (including phenoxy) is 1. The van der Waals surface area contributed by atoms with Crippen LogP contribution >= 0.6 is 0 Å². The molecule has 5 nitrogen and oxygen atoms in total. The molecule has 22 heavy (non-hydrogen) atoms. The van der Waals surface area contributed by atoms with E-state index in [0.717, 1.165) is 39.0 Å². The Morgan fingerprint density at radius 3 is 1.91 bits per heavy atom. The second kappa shape index (κ2) is 8.09. The van der Waals surface area contributed by atoms with E-state index in [4.69, 9.17) is 4.74 Å². The van der Waals surface area contributed by atoms with Crippen molar-refractivity contribution < 1.29 is 9.53 Å². The second-order valence-corrected chi connectivity index (χ2v) is 7.63. The molecular weight excluding hydrogens is 278 g/mol. The number of carbonyl (C=O) groups excluding carboxylic acids is 1. The Kier molecular flexibility index (Phi) is 7.03. The van der Waals surface area contributed by atoms with E-state index >= 15 is 0 Å². The number of hydrogen-bond donors (Lipinski definition) is 3. The van der Waals surface area contributed by atoms with Crippen LogP contribution in [-0.4, -0.2) is 49.3 Å². The summed E-state index contributed by atoms with van der Waals surface area (Å²) in [4.78, 5) is 11.1. The van der Waals surface area contributed by atoms with E-state index in [-0.39, 0.29) is 23.2 Å². The summed E-state index contributed by atoms with van der Waals surface area (Å²) in [5.41, 5.74) is 0.984. The van der Waals surface area contributed by atoms with Crippen LogP contribution in [-0.2, 0) is 9.53 Å². The summed E-state index contributed by atoms with van der Waals surface area (Å²) in [5, 5.41) is 10.2. The van der Waals surface area contributed by atoms with Crippen LogP contribution in [0.25, 0.3) is 0 Å². The van der Waals surface area contributed by atoms with Gasteiger partial charge in [-0.3, -0.25) is 0 Å². The van der Waals surface area contributed by atoms with Gasteiger partial charge in [-0.25, -0.2) is 4.79 Å². The first-order valence-corrected chi connectivity index (χ1v) is 8.19. The van der Waals surface area contributed by atoms with Crippen molar-refractivity contribution in [1.82, 2.24) is 16.0 Å². The number of esters is 1. The molecule has 0 spiro atoms. The molecule has 0 amide bonds. The van der Waals surface area contributed by atoms with Crippen molar-refractivity contribution in [2.75, 3.05) is 26.2 Å². The summed E-state index contributed by atoms with van der Waals surface area (Å²) in [6.45, 7) is 18.1. The van der Waals surface area contributed by atoms with Crippen LogP contribution in [0.2, 0.25) is 0 Å². The Morgan fingerprint density at radius 2 is 1.55 bits per heavy atom. The van der Waals surface area contributed by atoms with Crippen molar-refractivity contribution in [3.63, 3.8) is 0 Å². The zero-order chi connectivity index (χ0) is 16.8. The highest BCUT2D eigenvalue weighted by molar-refractivity contribution is 5.87. The molecule has 2 aliphatic rings. The number of hydrogen-bond acceptors (Lipinski definition) is 5. The Hall–Kier alpha value is -0.910. The van der Waals surface area contributed by atoms with Gasteiger partial charge in [-0.05, 0) is 60.5 Å². The third-order valence-corrected chi connectivity index (χ3v) is 3.72. The number of carbonyl (C=O) groups is 1. The molecule has 2 rings (SSSR count). The molecule has 0 aromatic rings. The minimum atomic E-state index is -0.262. The summed E-state index contributed by atoms with van der Waals surface area (Å²) in [6.07, 6.45) is 1.92. The van der Waals surface area contributed by atoms with Gasteiger partial charge in [-0.15, -0.1) is 0 Å². The Balaban J connectivity index is 0.000000224. The number of piperidine rings is 1. The summed E-state index contributed by atoms with van der Waals surface area (Å²) in [7, 11) is 0. The lowest BCUT2D eigenvalue weighted by molar-refractivity contribution is -0.145. The summed E-state index contributed by atoms with van der Waals surface area (Å²) in [6, 6.07) is 0.